The minimum Gasteiger partial charge on any atom is -0.506 e. The molecule has 0 saturated carbocycles. The van der Waals surface area contributed by atoms with Crippen LogP contribution in [0.4, 0.5) is 11.4 Å². The molecule has 0 fully saturated rings. The molecular formula is C18H14N2O7S. The van der Waals surface area contributed by atoms with Gasteiger partial charge in [-0.1, -0.05) is 24.3 Å². The zero-order chi connectivity index (χ0) is 20.6. The number of hydrogen-bond acceptors (Lipinski definition) is 6. The number of nitro groups is 1. The highest BCUT2D eigenvalue weighted by Crippen LogP contribution is 2.37. The van der Waals surface area contributed by atoms with E-state index in [9.17, 15) is 33.0 Å². The van der Waals surface area contributed by atoms with Crippen LogP contribution in [0, 0.1) is 17.0 Å². The van der Waals surface area contributed by atoms with Gasteiger partial charge in [-0.3, -0.25) is 19.5 Å². The molecule has 0 aliphatic rings. The lowest BCUT2D eigenvalue weighted by molar-refractivity contribution is -0.385. The summed E-state index contributed by atoms with van der Waals surface area (Å²) in [4.78, 5) is 22.5. The van der Waals surface area contributed by atoms with Crippen LogP contribution in [0.5, 0.6) is 5.75 Å². The van der Waals surface area contributed by atoms with Gasteiger partial charge in [-0.15, -0.1) is 0 Å². The molecule has 0 aliphatic heterocycles. The molecular weight excluding hydrogens is 388 g/mol. The van der Waals surface area contributed by atoms with Crippen LogP contribution in [0.2, 0.25) is 0 Å². The molecule has 0 aliphatic carbocycles. The van der Waals surface area contributed by atoms with Crippen molar-refractivity contribution in [1.82, 2.24) is 0 Å². The second-order valence-electron chi connectivity index (χ2n) is 6.02. The zero-order valence-corrected chi connectivity index (χ0v) is 15.2. The average molecular weight is 402 g/mol. The monoisotopic (exact) mass is 402 g/mol. The number of nitro benzene ring substituents is 1. The second kappa shape index (κ2) is 6.91. The minimum absolute atomic E-state index is 0.0271. The number of nitrogens with zero attached hydrogens (tertiary/aromatic N) is 1. The van der Waals surface area contributed by atoms with Crippen LogP contribution in [-0.2, 0) is 10.1 Å². The highest BCUT2D eigenvalue weighted by atomic mass is 32.2. The summed E-state index contributed by atoms with van der Waals surface area (Å²) in [6.45, 7) is 1.65. The highest BCUT2D eigenvalue weighted by molar-refractivity contribution is 7.86. The van der Waals surface area contributed by atoms with E-state index in [1.165, 1.54) is 24.3 Å². The number of carbonyl (C=O) groups excluding carboxylic acids is 1. The van der Waals surface area contributed by atoms with Crippen LogP contribution in [0.1, 0.15) is 15.9 Å². The third-order valence-electron chi connectivity index (χ3n) is 4.10. The summed E-state index contributed by atoms with van der Waals surface area (Å²) in [5, 5.41) is 24.4. The van der Waals surface area contributed by atoms with Gasteiger partial charge in [-0.25, -0.2) is 0 Å². The molecule has 3 N–H and O–H groups in total. The fraction of sp³-hybridized carbons (Fsp3) is 0.0556. The van der Waals surface area contributed by atoms with Crippen molar-refractivity contribution in [2.75, 3.05) is 5.32 Å². The molecule has 1 amide bonds. The van der Waals surface area contributed by atoms with Crippen molar-refractivity contribution in [1.29, 1.82) is 0 Å². The quantitative estimate of drug-likeness (QED) is 0.345. The third-order valence-corrected chi connectivity index (χ3v) is 4.99. The van der Waals surface area contributed by atoms with Gasteiger partial charge in [0.2, 0.25) is 0 Å². The fourth-order valence-electron chi connectivity index (χ4n) is 2.83. The predicted molar refractivity (Wildman–Crippen MR) is 101 cm³/mol. The van der Waals surface area contributed by atoms with E-state index in [1.807, 2.05) is 0 Å². The Morgan fingerprint density at radius 2 is 1.86 bits per heavy atom. The molecule has 0 aromatic heterocycles. The summed E-state index contributed by atoms with van der Waals surface area (Å²) in [6.07, 6.45) is 0. The number of nitrogens with one attached hydrogen (secondary N) is 1. The first kappa shape index (κ1) is 19.3. The van der Waals surface area contributed by atoms with E-state index >= 15 is 0 Å². The third kappa shape index (κ3) is 3.50. The van der Waals surface area contributed by atoms with E-state index in [0.29, 0.717) is 10.9 Å². The Morgan fingerprint density at radius 1 is 1.14 bits per heavy atom. The maximum absolute atomic E-state index is 12.6. The van der Waals surface area contributed by atoms with Gasteiger partial charge in [0.15, 0.2) is 0 Å². The van der Waals surface area contributed by atoms with E-state index in [1.54, 1.807) is 25.1 Å². The van der Waals surface area contributed by atoms with E-state index in [4.69, 9.17) is 0 Å². The lowest BCUT2D eigenvalue weighted by Gasteiger charge is -2.12. The Hall–Kier alpha value is -3.50. The van der Waals surface area contributed by atoms with Crippen molar-refractivity contribution < 1.29 is 27.8 Å². The number of hydrogen-bond donors (Lipinski definition) is 3. The molecule has 0 heterocycles. The van der Waals surface area contributed by atoms with Gasteiger partial charge in [-0.05, 0) is 36.1 Å². The maximum Gasteiger partial charge on any atom is 0.298 e. The van der Waals surface area contributed by atoms with Crippen LogP contribution in [-0.4, -0.2) is 28.9 Å². The Morgan fingerprint density at radius 3 is 2.50 bits per heavy atom. The number of amides is 1. The molecule has 3 aromatic rings. The summed E-state index contributed by atoms with van der Waals surface area (Å²) in [7, 11) is -4.70. The standard InChI is InChI=1S/C18H14N2O7S/c1-10-5-7-12(14(9-10)20(23)24)18(22)19-13-4-2-3-11-6-8-15(28(25,26)27)17(21)16(11)13/h2-9,21H,1H3,(H,19,22)(H,25,26,27). The van der Waals surface area contributed by atoms with Gasteiger partial charge >= 0.3 is 0 Å². The van der Waals surface area contributed by atoms with Crippen LogP contribution in [0.25, 0.3) is 10.8 Å². The van der Waals surface area contributed by atoms with Crippen molar-refractivity contribution in [3.63, 3.8) is 0 Å². The first-order chi connectivity index (χ1) is 13.1. The van der Waals surface area contributed by atoms with E-state index in [-0.39, 0.29) is 22.3 Å². The first-order valence-electron chi connectivity index (χ1n) is 7.88. The van der Waals surface area contributed by atoms with Crippen molar-refractivity contribution in [2.45, 2.75) is 11.8 Å². The smallest absolute Gasteiger partial charge is 0.298 e. The number of anilines is 1. The van der Waals surface area contributed by atoms with Crippen molar-refractivity contribution in [3.05, 3.63) is 69.8 Å². The molecule has 0 bridgehead atoms. The Balaban J connectivity index is 2.13. The van der Waals surface area contributed by atoms with Gasteiger partial charge < -0.3 is 10.4 Å². The van der Waals surface area contributed by atoms with Crippen LogP contribution in [0.3, 0.4) is 0 Å². The highest BCUT2D eigenvalue weighted by Gasteiger charge is 2.23. The van der Waals surface area contributed by atoms with Crippen molar-refractivity contribution in [2.24, 2.45) is 0 Å². The molecule has 0 saturated heterocycles. The molecule has 9 nitrogen and oxygen atoms in total. The predicted octanol–water partition coefficient (Wildman–Crippen LogP) is 3.26. The number of aryl methyl sites for hydroxylation is 1. The summed E-state index contributed by atoms with van der Waals surface area (Å²) in [5.74, 6) is -1.55. The number of phenols is 1. The molecule has 3 rings (SSSR count). The van der Waals surface area contributed by atoms with Gasteiger partial charge in [0.1, 0.15) is 16.2 Å². The largest absolute Gasteiger partial charge is 0.506 e. The zero-order valence-electron chi connectivity index (χ0n) is 14.4. The number of carbonyl (C=O) groups is 1. The Kier molecular flexibility index (Phi) is 4.75. The number of phenolic OH excluding ortho intramolecular Hbond substituents is 1. The average Bonchev–Trinajstić information content (AvgIpc) is 2.60. The van der Waals surface area contributed by atoms with Gasteiger partial charge in [0, 0.05) is 11.5 Å². The Labute approximate surface area is 159 Å². The molecule has 144 valence electrons. The minimum atomic E-state index is -4.70. The fourth-order valence-corrected chi connectivity index (χ4v) is 3.41. The lowest BCUT2D eigenvalue weighted by atomic mass is 10.1. The SMILES string of the molecule is Cc1ccc(C(=O)Nc2cccc3ccc(S(=O)(=O)O)c(O)c23)c([N+](=O)[O-])c1. The Bertz CT molecular complexity index is 1240. The summed E-state index contributed by atoms with van der Waals surface area (Å²) >= 11 is 0. The van der Waals surface area contributed by atoms with Gasteiger partial charge in [0.05, 0.1) is 10.6 Å². The number of fused-ring (bicyclic) bond motifs is 1. The number of rotatable bonds is 4. The molecule has 0 spiro atoms. The first-order valence-corrected chi connectivity index (χ1v) is 9.32. The van der Waals surface area contributed by atoms with Crippen molar-refractivity contribution in [3.8, 4) is 5.75 Å². The van der Waals surface area contributed by atoms with Gasteiger partial charge in [0.25, 0.3) is 21.7 Å². The topological polar surface area (TPSA) is 147 Å². The van der Waals surface area contributed by atoms with E-state index in [0.717, 1.165) is 6.07 Å². The second-order valence-corrected chi connectivity index (χ2v) is 7.41. The molecule has 28 heavy (non-hydrogen) atoms. The summed E-state index contributed by atoms with van der Waals surface area (Å²) in [6, 6.07) is 11.0. The normalized spacial score (nSPS) is 11.4. The van der Waals surface area contributed by atoms with Crippen molar-refractivity contribution >= 4 is 38.2 Å². The maximum atomic E-state index is 12.6. The van der Waals surface area contributed by atoms with Crippen LogP contribution in [0.15, 0.2) is 53.4 Å². The van der Waals surface area contributed by atoms with E-state index in [2.05, 4.69) is 5.32 Å². The molecule has 0 radical (unpaired) electrons. The van der Waals surface area contributed by atoms with E-state index < -0.39 is 31.6 Å². The van der Waals surface area contributed by atoms with Gasteiger partial charge in [-0.2, -0.15) is 8.42 Å². The molecule has 3 aromatic carbocycles. The number of aromatic hydroxyl groups is 1. The lowest BCUT2D eigenvalue weighted by Crippen LogP contribution is -2.14. The van der Waals surface area contributed by atoms with Crippen LogP contribution < -0.4 is 5.32 Å². The molecule has 0 atom stereocenters. The summed E-state index contributed by atoms with van der Waals surface area (Å²) in [5.41, 5.74) is 0.0443. The molecule has 10 heteroatoms. The van der Waals surface area contributed by atoms with Crippen LogP contribution >= 0.6 is 0 Å². The number of benzene rings is 3. The summed E-state index contributed by atoms with van der Waals surface area (Å²) < 4.78 is 32.1. The molecule has 0 unspecified atom stereocenters.